The summed E-state index contributed by atoms with van der Waals surface area (Å²) in [5, 5.41) is 3.66. The van der Waals surface area contributed by atoms with Crippen molar-refractivity contribution in [2.75, 3.05) is 6.54 Å². The van der Waals surface area contributed by atoms with Crippen LogP contribution in [0.15, 0.2) is 25.2 Å². The molecule has 3 rings (SSSR count). The summed E-state index contributed by atoms with van der Waals surface area (Å²) < 4.78 is 7.49. The van der Waals surface area contributed by atoms with Crippen molar-refractivity contribution < 1.29 is 4.42 Å². The van der Waals surface area contributed by atoms with Gasteiger partial charge in [0.05, 0.1) is 4.47 Å². The van der Waals surface area contributed by atoms with E-state index in [0.717, 1.165) is 33.4 Å². The van der Waals surface area contributed by atoms with Gasteiger partial charge in [0.2, 0.25) is 0 Å². The smallest absolute Gasteiger partial charge is 0.184 e. The van der Waals surface area contributed by atoms with Gasteiger partial charge in [0.25, 0.3) is 0 Å². The highest BCUT2D eigenvalue weighted by atomic mass is 79.9. The summed E-state index contributed by atoms with van der Waals surface area (Å²) in [5.41, 5.74) is 1.52. The maximum absolute atomic E-state index is 5.72. The van der Waals surface area contributed by atoms with Crippen LogP contribution in [0.2, 0.25) is 0 Å². The second-order valence-corrected chi connectivity index (χ2v) is 7.55. The molecule has 0 unspecified atom stereocenters. The molecule has 0 aromatic carbocycles. The van der Waals surface area contributed by atoms with Gasteiger partial charge in [-0.05, 0) is 81.2 Å². The molecule has 1 N–H and O–H groups in total. The highest BCUT2D eigenvalue weighted by Gasteiger charge is 2.23. The van der Waals surface area contributed by atoms with E-state index in [1.54, 1.807) is 0 Å². The van der Waals surface area contributed by atoms with Crippen molar-refractivity contribution in [1.82, 2.24) is 5.32 Å². The first-order chi connectivity index (χ1) is 9.72. The van der Waals surface area contributed by atoms with E-state index in [2.05, 4.69) is 43.3 Å². The molecule has 0 bridgehead atoms. The van der Waals surface area contributed by atoms with Gasteiger partial charge in [0.15, 0.2) is 4.67 Å². The Bertz CT molecular complexity index is 465. The van der Waals surface area contributed by atoms with Gasteiger partial charge in [-0.1, -0.05) is 19.3 Å². The molecule has 0 atom stereocenters. The van der Waals surface area contributed by atoms with Crippen LogP contribution in [0.3, 0.4) is 0 Å². The fraction of sp³-hybridized carbons (Fsp3) is 0.625. The number of rotatable bonds is 5. The monoisotopic (exact) mass is 401 g/mol. The quantitative estimate of drug-likeness (QED) is 0.701. The molecule has 2 saturated carbocycles. The third-order valence-corrected chi connectivity index (χ3v) is 6.00. The van der Waals surface area contributed by atoms with E-state index in [0.29, 0.717) is 0 Å². The zero-order valence-corrected chi connectivity index (χ0v) is 14.8. The highest BCUT2D eigenvalue weighted by Crippen LogP contribution is 2.33. The minimum atomic E-state index is 0.734. The maximum atomic E-state index is 5.72. The first-order valence-corrected chi connectivity index (χ1v) is 9.19. The molecule has 20 heavy (non-hydrogen) atoms. The lowest BCUT2D eigenvalue weighted by Crippen LogP contribution is -2.23. The Morgan fingerprint density at radius 3 is 2.55 bits per heavy atom. The van der Waals surface area contributed by atoms with Crippen molar-refractivity contribution in [3.8, 4) is 0 Å². The van der Waals surface area contributed by atoms with E-state index in [-0.39, 0.29) is 0 Å². The summed E-state index contributed by atoms with van der Waals surface area (Å²) in [5.74, 6) is 1.68. The fourth-order valence-corrected chi connectivity index (χ4v) is 3.56. The molecule has 2 aliphatic carbocycles. The summed E-state index contributed by atoms with van der Waals surface area (Å²) in [6.07, 6.45) is 11.8. The van der Waals surface area contributed by atoms with Gasteiger partial charge in [-0.3, -0.25) is 0 Å². The molecule has 4 heteroatoms. The lowest BCUT2D eigenvalue weighted by molar-refractivity contribution is 0.395. The predicted octanol–water partition coefficient (Wildman–Crippen LogP) is 5.52. The fourth-order valence-electron chi connectivity index (χ4n) is 2.95. The molecule has 110 valence electrons. The first kappa shape index (κ1) is 14.9. The minimum absolute atomic E-state index is 0.734. The molecule has 1 aromatic rings. The average molecular weight is 403 g/mol. The van der Waals surface area contributed by atoms with Gasteiger partial charge in [-0.15, -0.1) is 0 Å². The van der Waals surface area contributed by atoms with Crippen LogP contribution in [-0.2, 0) is 0 Å². The summed E-state index contributed by atoms with van der Waals surface area (Å²) in [7, 11) is 0. The van der Waals surface area contributed by atoms with E-state index in [1.807, 2.05) is 6.07 Å². The molecule has 2 nitrogen and oxygen atoms in total. The van der Waals surface area contributed by atoms with Crippen molar-refractivity contribution in [3.63, 3.8) is 0 Å². The van der Waals surface area contributed by atoms with Crippen molar-refractivity contribution >= 4 is 37.9 Å². The zero-order chi connectivity index (χ0) is 13.9. The summed E-state index contributed by atoms with van der Waals surface area (Å²) in [4.78, 5) is 0. The average Bonchev–Trinajstić information content (AvgIpc) is 3.23. The number of furan rings is 1. The molecule has 0 aliphatic heterocycles. The summed E-state index contributed by atoms with van der Waals surface area (Å²) in [6, 6.07) is 2.81. The molecule has 0 spiro atoms. The lowest BCUT2D eigenvalue weighted by atomic mass is 9.83. The summed E-state index contributed by atoms with van der Waals surface area (Å²) >= 11 is 6.90. The van der Waals surface area contributed by atoms with Crippen LogP contribution in [-0.4, -0.2) is 12.6 Å². The molecule has 1 aromatic heterocycles. The second kappa shape index (κ2) is 6.80. The van der Waals surface area contributed by atoms with Crippen molar-refractivity contribution in [2.24, 2.45) is 5.92 Å². The van der Waals surface area contributed by atoms with Crippen LogP contribution >= 0.6 is 31.9 Å². The number of halogens is 2. The second-order valence-electron chi connectivity index (χ2n) is 5.98. The third kappa shape index (κ3) is 3.99. The Kier molecular flexibility index (Phi) is 5.05. The Hall–Kier alpha value is -0.0600. The topological polar surface area (TPSA) is 25.2 Å². The lowest BCUT2D eigenvalue weighted by Gasteiger charge is -2.24. The Morgan fingerprint density at radius 2 is 1.95 bits per heavy atom. The van der Waals surface area contributed by atoms with Crippen molar-refractivity contribution in [1.29, 1.82) is 0 Å². The largest absolute Gasteiger partial charge is 0.449 e. The Balaban J connectivity index is 1.74. The first-order valence-electron chi connectivity index (χ1n) is 7.61. The summed E-state index contributed by atoms with van der Waals surface area (Å²) in [6.45, 7) is 1.02. The van der Waals surface area contributed by atoms with E-state index >= 15 is 0 Å². The molecule has 0 amide bonds. The maximum Gasteiger partial charge on any atom is 0.184 e. The highest BCUT2D eigenvalue weighted by molar-refractivity contribution is 9.13. The predicted molar refractivity (Wildman–Crippen MR) is 89.7 cm³/mol. The van der Waals surface area contributed by atoms with E-state index in [1.165, 1.54) is 50.5 Å². The minimum Gasteiger partial charge on any atom is -0.449 e. The van der Waals surface area contributed by atoms with Crippen molar-refractivity contribution in [2.45, 2.75) is 51.0 Å². The van der Waals surface area contributed by atoms with Crippen LogP contribution in [0.25, 0.3) is 6.08 Å². The number of nitrogens with one attached hydrogen (secondary N) is 1. The Morgan fingerprint density at radius 1 is 1.20 bits per heavy atom. The number of hydrogen-bond donors (Lipinski definition) is 1. The van der Waals surface area contributed by atoms with Gasteiger partial charge < -0.3 is 9.73 Å². The van der Waals surface area contributed by atoms with Gasteiger partial charge in [0.1, 0.15) is 5.76 Å². The molecular weight excluding hydrogens is 382 g/mol. The molecule has 2 aliphatic rings. The van der Waals surface area contributed by atoms with Crippen LogP contribution in [0.4, 0.5) is 0 Å². The molecule has 0 radical (unpaired) electrons. The van der Waals surface area contributed by atoms with Crippen LogP contribution < -0.4 is 5.32 Å². The standard InChI is InChI=1S/C16H21Br2NO/c17-15-9-14(20-16(15)18)8-12(10-19-13-6-7-13)11-4-2-1-3-5-11/h8-9,11,13,19H,1-7,10H2/b12-8-. The molecular formula is C16H21Br2NO. The van der Waals surface area contributed by atoms with Gasteiger partial charge in [-0.2, -0.15) is 0 Å². The Labute approximate surface area is 137 Å². The van der Waals surface area contributed by atoms with E-state index in [4.69, 9.17) is 4.42 Å². The zero-order valence-electron chi connectivity index (χ0n) is 11.6. The molecule has 0 saturated heterocycles. The van der Waals surface area contributed by atoms with Gasteiger partial charge in [0, 0.05) is 12.6 Å². The van der Waals surface area contributed by atoms with E-state index in [9.17, 15) is 0 Å². The van der Waals surface area contributed by atoms with Crippen LogP contribution in [0, 0.1) is 5.92 Å². The van der Waals surface area contributed by atoms with E-state index < -0.39 is 0 Å². The SMILES string of the molecule is Brc1cc(/C=C(/CNC2CC2)C2CCCCC2)oc1Br. The molecule has 1 heterocycles. The van der Waals surface area contributed by atoms with Crippen molar-refractivity contribution in [3.05, 3.63) is 26.5 Å². The van der Waals surface area contributed by atoms with Crippen LogP contribution in [0.5, 0.6) is 0 Å². The van der Waals surface area contributed by atoms with Crippen LogP contribution in [0.1, 0.15) is 50.7 Å². The van der Waals surface area contributed by atoms with Gasteiger partial charge in [-0.25, -0.2) is 0 Å². The van der Waals surface area contributed by atoms with Gasteiger partial charge >= 0.3 is 0 Å². The third-order valence-electron chi connectivity index (χ3n) is 4.29. The normalized spacial score (nSPS) is 21.4. The molecule has 2 fully saturated rings. The number of hydrogen-bond acceptors (Lipinski definition) is 2.